The molecule has 28 heavy (non-hydrogen) atoms. The Bertz CT molecular complexity index is 1260. The van der Waals surface area contributed by atoms with E-state index in [4.69, 9.17) is 11.6 Å². The maximum Gasteiger partial charge on any atom is 0.283 e. The van der Waals surface area contributed by atoms with Crippen LogP contribution in [0.4, 0.5) is 8.78 Å². The fourth-order valence-electron chi connectivity index (χ4n) is 2.67. The van der Waals surface area contributed by atoms with Crippen molar-refractivity contribution in [1.29, 1.82) is 0 Å². The predicted octanol–water partition coefficient (Wildman–Crippen LogP) is 2.90. The number of hydrogen-bond acceptors (Lipinski definition) is 4. The highest BCUT2D eigenvalue weighted by molar-refractivity contribution is 6.30. The zero-order chi connectivity index (χ0) is 19.8. The third-order valence-corrected chi connectivity index (χ3v) is 4.19. The first kappa shape index (κ1) is 17.8. The van der Waals surface area contributed by atoms with E-state index in [1.54, 1.807) is 24.3 Å². The monoisotopic (exact) mass is 401 g/mol. The van der Waals surface area contributed by atoms with Gasteiger partial charge in [0, 0.05) is 5.02 Å². The molecule has 0 saturated heterocycles. The first-order chi connectivity index (χ1) is 13.5. The smallest absolute Gasteiger partial charge is 0.267 e. The molecule has 4 rings (SSSR count). The molecule has 4 aromatic rings. The van der Waals surface area contributed by atoms with Gasteiger partial charge in [0.15, 0.2) is 5.65 Å². The van der Waals surface area contributed by atoms with Crippen molar-refractivity contribution in [3.63, 3.8) is 0 Å². The number of carbonyl (C=O) groups is 1. The van der Waals surface area contributed by atoms with Gasteiger partial charge in [-0.15, -0.1) is 0 Å². The molecule has 10 heteroatoms. The average Bonchev–Trinajstić information content (AvgIpc) is 3.09. The Morgan fingerprint density at radius 1 is 1.11 bits per heavy atom. The second-order valence-electron chi connectivity index (χ2n) is 5.73. The maximum atomic E-state index is 13.8. The van der Waals surface area contributed by atoms with E-state index in [9.17, 15) is 18.4 Å². The van der Waals surface area contributed by atoms with Crippen molar-refractivity contribution in [1.82, 2.24) is 19.4 Å². The summed E-state index contributed by atoms with van der Waals surface area (Å²) in [5, 5.41) is 4.70. The molecular formula is C18H10ClF2N5O2. The van der Waals surface area contributed by atoms with Gasteiger partial charge in [-0.3, -0.25) is 15.0 Å². The van der Waals surface area contributed by atoms with E-state index in [1.165, 1.54) is 10.9 Å². The second kappa shape index (κ2) is 6.86. The van der Waals surface area contributed by atoms with E-state index < -0.39 is 28.7 Å². The topological polar surface area (TPSA) is 81.8 Å². The van der Waals surface area contributed by atoms with Gasteiger partial charge >= 0.3 is 0 Å². The molecule has 0 atom stereocenters. The zero-order valence-electron chi connectivity index (χ0n) is 13.9. The zero-order valence-corrected chi connectivity index (χ0v) is 14.7. The predicted molar refractivity (Wildman–Crippen MR) is 98.2 cm³/mol. The lowest BCUT2D eigenvalue weighted by Crippen LogP contribution is -2.34. The summed E-state index contributed by atoms with van der Waals surface area (Å²) >= 11 is 5.97. The maximum absolute atomic E-state index is 13.8. The molecule has 0 aliphatic carbocycles. The van der Waals surface area contributed by atoms with Crippen molar-refractivity contribution in [3.05, 3.63) is 87.6 Å². The fraction of sp³-hybridized carbons (Fsp3) is 0. The molecule has 0 aliphatic rings. The molecule has 0 fully saturated rings. The Morgan fingerprint density at radius 2 is 1.82 bits per heavy atom. The number of amides is 1. The quantitative estimate of drug-likeness (QED) is 0.572. The average molecular weight is 402 g/mol. The molecular weight excluding hydrogens is 392 g/mol. The number of benzene rings is 2. The summed E-state index contributed by atoms with van der Waals surface area (Å²) in [5.41, 5.74) is 1.48. The van der Waals surface area contributed by atoms with Crippen LogP contribution < -0.4 is 11.0 Å². The van der Waals surface area contributed by atoms with Gasteiger partial charge in [0.25, 0.3) is 11.5 Å². The van der Waals surface area contributed by atoms with Crippen LogP contribution in [0.3, 0.4) is 0 Å². The molecule has 140 valence electrons. The van der Waals surface area contributed by atoms with Crippen molar-refractivity contribution in [2.45, 2.75) is 0 Å². The molecule has 2 heterocycles. The molecule has 0 spiro atoms. The second-order valence-corrected chi connectivity index (χ2v) is 6.17. The Kier molecular flexibility index (Phi) is 4.36. The standard InChI is InChI=1S/C18H10ClF2N5O2/c19-10-3-1-4-11(7-10)26-16-12(8-23-26)18(28)25(9-22-16)24-17(27)15-13(20)5-2-6-14(15)21/h1-9H,(H,24,27). The number of halogens is 3. The van der Waals surface area contributed by atoms with Gasteiger partial charge in [0.2, 0.25) is 0 Å². The highest BCUT2D eigenvalue weighted by Crippen LogP contribution is 2.17. The van der Waals surface area contributed by atoms with Gasteiger partial charge < -0.3 is 0 Å². The molecule has 0 bridgehead atoms. The summed E-state index contributed by atoms with van der Waals surface area (Å²) < 4.78 is 29.7. The van der Waals surface area contributed by atoms with Crippen LogP contribution in [0.5, 0.6) is 0 Å². The number of nitrogens with zero attached hydrogens (tertiary/aromatic N) is 4. The molecule has 0 aliphatic heterocycles. The lowest BCUT2D eigenvalue weighted by molar-refractivity contribution is 0.0999. The van der Waals surface area contributed by atoms with Gasteiger partial charge in [-0.2, -0.15) is 5.10 Å². The molecule has 0 unspecified atom stereocenters. The number of fused-ring (bicyclic) bond motifs is 1. The van der Waals surface area contributed by atoms with Gasteiger partial charge in [-0.1, -0.05) is 23.7 Å². The minimum atomic E-state index is -1.12. The summed E-state index contributed by atoms with van der Waals surface area (Å²) in [6.45, 7) is 0. The largest absolute Gasteiger partial charge is 0.283 e. The highest BCUT2D eigenvalue weighted by Gasteiger charge is 2.19. The molecule has 0 radical (unpaired) electrons. The van der Waals surface area contributed by atoms with Crippen molar-refractivity contribution in [2.24, 2.45) is 0 Å². The van der Waals surface area contributed by atoms with Gasteiger partial charge in [-0.25, -0.2) is 23.1 Å². The number of nitrogens with one attached hydrogen (secondary N) is 1. The molecule has 7 nitrogen and oxygen atoms in total. The minimum Gasteiger partial charge on any atom is -0.267 e. The number of carbonyl (C=O) groups excluding carboxylic acids is 1. The summed E-state index contributed by atoms with van der Waals surface area (Å²) in [7, 11) is 0. The molecule has 2 aromatic carbocycles. The third-order valence-electron chi connectivity index (χ3n) is 3.95. The molecule has 0 saturated carbocycles. The van der Waals surface area contributed by atoms with Crippen LogP contribution in [0.1, 0.15) is 10.4 Å². The van der Waals surface area contributed by atoms with Crippen molar-refractivity contribution in [2.75, 3.05) is 5.43 Å². The van der Waals surface area contributed by atoms with Gasteiger partial charge in [-0.05, 0) is 30.3 Å². The van der Waals surface area contributed by atoms with Crippen LogP contribution >= 0.6 is 11.6 Å². The van der Waals surface area contributed by atoms with Crippen molar-refractivity contribution >= 4 is 28.5 Å². The Hall–Kier alpha value is -3.59. The highest BCUT2D eigenvalue weighted by atomic mass is 35.5. The van der Waals surface area contributed by atoms with Crippen LogP contribution in [-0.4, -0.2) is 25.3 Å². The van der Waals surface area contributed by atoms with Crippen LogP contribution in [-0.2, 0) is 0 Å². The molecule has 1 N–H and O–H groups in total. The van der Waals surface area contributed by atoms with E-state index in [0.29, 0.717) is 10.7 Å². The number of rotatable bonds is 3. The summed E-state index contributed by atoms with van der Waals surface area (Å²) in [6.07, 6.45) is 2.31. The van der Waals surface area contributed by atoms with E-state index in [-0.39, 0.29) is 11.0 Å². The Balaban J connectivity index is 1.74. The lowest BCUT2D eigenvalue weighted by atomic mass is 10.2. The summed E-state index contributed by atoms with van der Waals surface area (Å²) in [4.78, 5) is 28.9. The van der Waals surface area contributed by atoms with Gasteiger partial charge in [0.05, 0.1) is 11.9 Å². The van der Waals surface area contributed by atoms with Crippen molar-refractivity contribution in [3.8, 4) is 5.69 Å². The number of aromatic nitrogens is 4. The van der Waals surface area contributed by atoms with E-state index in [2.05, 4.69) is 15.5 Å². The van der Waals surface area contributed by atoms with Crippen LogP contribution in [0.25, 0.3) is 16.7 Å². The first-order valence-corrected chi connectivity index (χ1v) is 8.30. The Labute approximate surface area is 160 Å². The molecule has 1 amide bonds. The van der Waals surface area contributed by atoms with Crippen LogP contribution in [0.15, 0.2) is 59.8 Å². The SMILES string of the molecule is O=C(Nn1cnc2c(cnn2-c2cccc(Cl)c2)c1=O)c1c(F)cccc1F. The van der Waals surface area contributed by atoms with Crippen molar-refractivity contribution < 1.29 is 13.6 Å². The van der Waals surface area contributed by atoms with E-state index in [0.717, 1.165) is 29.2 Å². The molecule has 2 aromatic heterocycles. The summed E-state index contributed by atoms with van der Waals surface area (Å²) in [6, 6.07) is 9.79. The lowest BCUT2D eigenvalue weighted by Gasteiger charge is -2.09. The van der Waals surface area contributed by atoms with E-state index >= 15 is 0 Å². The van der Waals surface area contributed by atoms with E-state index in [1.807, 2.05) is 0 Å². The Morgan fingerprint density at radius 3 is 2.54 bits per heavy atom. The number of hydrogen-bond donors (Lipinski definition) is 1. The fourth-order valence-corrected chi connectivity index (χ4v) is 2.85. The normalized spacial score (nSPS) is 11.0. The minimum absolute atomic E-state index is 0.0942. The van der Waals surface area contributed by atoms with Crippen LogP contribution in [0.2, 0.25) is 5.02 Å². The summed E-state index contributed by atoms with van der Waals surface area (Å²) in [5.74, 6) is -3.22. The van der Waals surface area contributed by atoms with Crippen LogP contribution in [0, 0.1) is 11.6 Å². The van der Waals surface area contributed by atoms with Gasteiger partial charge in [0.1, 0.15) is 28.9 Å². The third kappa shape index (κ3) is 3.01. The first-order valence-electron chi connectivity index (χ1n) is 7.92.